The summed E-state index contributed by atoms with van der Waals surface area (Å²) in [5.74, 6) is -1.04. The average Bonchev–Trinajstić information content (AvgIpc) is 2.98. The van der Waals surface area contributed by atoms with Gasteiger partial charge in [-0.1, -0.05) is 65.7 Å². The number of piperazine rings is 1. The van der Waals surface area contributed by atoms with Gasteiger partial charge in [0.2, 0.25) is 21.8 Å². The van der Waals surface area contributed by atoms with E-state index in [1.165, 1.54) is 23.1 Å². The average molecular weight is 675 g/mol. The minimum absolute atomic E-state index is 0.0542. The Hall–Kier alpha value is -3.84. The van der Waals surface area contributed by atoms with Gasteiger partial charge in [-0.2, -0.15) is 4.31 Å². The van der Waals surface area contributed by atoms with Crippen molar-refractivity contribution >= 4 is 56.8 Å². The molecule has 0 saturated carbocycles. The van der Waals surface area contributed by atoms with Crippen LogP contribution in [0.15, 0.2) is 77.7 Å². The number of sulfonamides is 1. The zero-order chi connectivity index (χ0) is 32.6. The molecule has 11 nitrogen and oxygen atoms in total. The lowest BCUT2D eigenvalue weighted by atomic mass is 9.96. The molecule has 0 aliphatic carbocycles. The molecule has 2 heterocycles. The first-order chi connectivity index (χ1) is 21.3. The summed E-state index contributed by atoms with van der Waals surface area (Å²) < 4.78 is 29.9. The molecule has 5 rings (SSSR count). The first-order valence-electron chi connectivity index (χ1n) is 14.3. The Morgan fingerprint density at radius 3 is 2.24 bits per heavy atom. The number of nitrogens with zero attached hydrogens (tertiary/aromatic N) is 4. The Bertz CT molecular complexity index is 1710. The molecule has 0 bridgehead atoms. The zero-order valence-electron chi connectivity index (χ0n) is 24.6. The van der Waals surface area contributed by atoms with E-state index in [0.717, 1.165) is 9.21 Å². The second kappa shape index (κ2) is 12.9. The minimum atomic E-state index is -4.46. The summed E-state index contributed by atoms with van der Waals surface area (Å²) in [7, 11) is -4.46. The number of carboxylic acid groups (broad SMARTS) is 1. The van der Waals surface area contributed by atoms with Crippen LogP contribution in [-0.4, -0.2) is 87.8 Å². The molecule has 45 heavy (non-hydrogen) atoms. The van der Waals surface area contributed by atoms with Gasteiger partial charge in [0.15, 0.2) is 0 Å². The van der Waals surface area contributed by atoms with E-state index >= 15 is 0 Å². The standard InChI is InChI=1S/C31H33Cl2N5O6S/c1-19(2)35-18-28-37(45(43,44)27-13-10-22(32)15-24(27)33)17-26(36(31(41)42)16-21-6-4-3-5-7-21)30(40)38(28)25(29(35)39)14-20-8-11-23(34)12-9-20/h3-13,15,19,25-26,28H,14,16-18,34H2,1-2H3,(H,41,42). The molecule has 3 unspecified atom stereocenters. The topological polar surface area (TPSA) is 145 Å². The molecule has 0 radical (unpaired) electrons. The largest absolute Gasteiger partial charge is 0.465 e. The van der Waals surface area contributed by atoms with Crippen LogP contribution in [0.1, 0.15) is 25.0 Å². The molecule has 2 aliphatic heterocycles. The van der Waals surface area contributed by atoms with Crippen LogP contribution >= 0.6 is 23.2 Å². The van der Waals surface area contributed by atoms with Gasteiger partial charge in [0.05, 0.1) is 11.6 Å². The molecule has 238 valence electrons. The van der Waals surface area contributed by atoms with Gasteiger partial charge < -0.3 is 20.6 Å². The van der Waals surface area contributed by atoms with Gasteiger partial charge in [-0.25, -0.2) is 13.2 Å². The van der Waals surface area contributed by atoms with Gasteiger partial charge >= 0.3 is 6.09 Å². The zero-order valence-corrected chi connectivity index (χ0v) is 26.9. The number of hydrogen-bond acceptors (Lipinski definition) is 6. The fraction of sp³-hybridized carbons (Fsp3) is 0.323. The summed E-state index contributed by atoms with van der Waals surface area (Å²) in [5.41, 5.74) is 7.68. The number of amides is 3. The third kappa shape index (κ3) is 6.46. The number of halogens is 2. The van der Waals surface area contributed by atoms with Crippen LogP contribution in [0.2, 0.25) is 10.0 Å². The number of anilines is 1. The summed E-state index contributed by atoms with van der Waals surface area (Å²) in [6.45, 7) is 2.82. The molecule has 0 spiro atoms. The van der Waals surface area contributed by atoms with E-state index in [4.69, 9.17) is 28.9 Å². The monoisotopic (exact) mass is 673 g/mol. The van der Waals surface area contributed by atoms with Crippen LogP contribution < -0.4 is 5.73 Å². The molecule has 3 amide bonds. The van der Waals surface area contributed by atoms with E-state index in [1.54, 1.807) is 59.5 Å². The lowest BCUT2D eigenvalue weighted by molar-refractivity contribution is -0.171. The lowest BCUT2D eigenvalue weighted by Crippen LogP contribution is -2.76. The van der Waals surface area contributed by atoms with Crippen LogP contribution in [0.25, 0.3) is 0 Å². The highest BCUT2D eigenvalue weighted by Crippen LogP contribution is 2.36. The van der Waals surface area contributed by atoms with Crippen LogP contribution in [-0.2, 0) is 32.6 Å². The smallest absolute Gasteiger partial charge is 0.408 e. The number of nitrogen functional groups attached to an aromatic ring is 1. The van der Waals surface area contributed by atoms with Crippen LogP contribution in [0.5, 0.6) is 0 Å². The molecule has 3 aromatic carbocycles. The second-order valence-corrected chi connectivity index (χ2v) is 14.0. The fourth-order valence-electron chi connectivity index (χ4n) is 5.86. The van der Waals surface area contributed by atoms with Crippen molar-refractivity contribution in [2.75, 3.05) is 18.8 Å². The Morgan fingerprint density at radius 1 is 0.978 bits per heavy atom. The van der Waals surface area contributed by atoms with Gasteiger partial charge in [-0.05, 0) is 55.3 Å². The molecule has 2 aliphatic rings. The van der Waals surface area contributed by atoms with E-state index in [1.807, 2.05) is 13.8 Å². The van der Waals surface area contributed by atoms with Gasteiger partial charge in [-0.3, -0.25) is 14.5 Å². The van der Waals surface area contributed by atoms with Crippen molar-refractivity contribution in [3.63, 3.8) is 0 Å². The number of hydrogen-bond donors (Lipinski definition) is 2. The maximum Gasteiger partial charge on any atom is 0.408 e. The second-order valence-electron chi connectivity index (χ2n) is 11.3. The SMILES string of the molecule is CC(C)N1CC2N(C(=O)C(N(Cc3ccccc3)C(=O)O)CN2S(=O)(=O)c2ccc(Cl)cc2Cl)C(Cc2ccc(N)cc2)C1=O. The summed E-state index contributed by atoms with van der Waals surface area (Å²) in [6, 6.07) is 16.5. The highest BCUT2D eigenvalue weighted by atomic mass is 35.5. The normalized spacial score (nSPS) is 20.8. The van der Waals surface area contributed by atoms with Crippen molar-refractivity contribution in [3.05, 3.63) is 94.0 Å². The van der Waals surface area contributed by atoms with E-state index in [-0.39, 0.29) is 46.4 Å². The van der Waals surface area contributed by atoms with Crippen molar-refractivity contribution in [1.82, 2.24) is 19.0 Å². The first kappa shape index (κ1) is 32.6. The van der Waals surface area contributed by atoms with Crippen LogP contribution in [0, 0.1) is 0 Å². The maximum absolute atomic E-state index is 14.5. The minimum Gasteiger partial charge on any atom is -0.465 e. The fourth-order valence-corrected chi connectivity index (χ4v) is 8.19. The van der Waals surface area contributed by atoms with E-state index in [9.17, 15) is 27.9 Å². The van der Waals surface area contributed by atoms with Gasteiger partial charge in [0, 0.05) is 36.3 Å². The predicted octanol–water partition coefficient (Wildman–Crippen LogP) is 4.15. The number of benzene rings is 3. The molecule has 14 heteroatoms. The Morgan fingerprint density at radius 2 is 1.64 bits per heavy atom. The van der Waals surface area contributed by atoms with Crippen molar-refractivity contribution in [3.8, 4) is 0 Å². The molecule has 3 aromatic rings. The molecule has 3 N–H and O–H groups in total. The summed E-state index contributed by atoms with van der Waals surface area (Å²) in [5, 5.41) is 10.4. The number of nitrogens with two attached hydrogens (primary N) is 1. The Labute approximate surface area is 271 Å². The van der Waals surface area contributed by atoms with E-state index in [0.29, 0.717) is 16.8 Å². The van der Waals surface area contributed by atoms with Gasteiger partial charge in [0.1, 0.15) is 23.1 Å². The van der Waals surface area contributed by atoms with Gasteiger partial charge in [-0.15, -0.1) is 0 Å². The van der Waals surface area contributed by atoms with Crippen LogP contribution in [0.4, 0.5) is 10.5 Å². The molecular weight excluding hydrogens is 641 g/mol. The van der Waals surface area contributed by atoms with Crippen molar-refractivity contribution < 1.29 is 27.9 Å². The highest BCUT2D eigenvalue weighted by molar-refractivity contribution is 7.89. The maximum atomic E-state index is 14.5. The molecule has 0 aromatic heterocycles. The third-order valence-electron chi connectivity index (χ3n) is 8.14. The molecule has 2 saturated heterocycles. The van der Waals surface area contributed by atoms with E-state index < -0.39 is 46.8 Å². The summed E-state index contributed by atoms with van der Waals surface area (Å²) in [6.07, 6.45) is -2.50. The quantitative estimate of drug-likeness (QED) is 0.342. The molecule has 2 fully saturated rings. The van der Waals surface area contributed by atoms with Crippen LogP contribution in [0.3, 0.4) is 0 Å². The van der Waals surface area contributed by atoms with Gasteiger partial charge in [0.25, 0.3) is 0 Å². The number of fused-ring (bicyclic) bond motifs is 1. The Kier molecular flexibility index (Phi) is 9.31. The number of carbonyl (C=O) groups excluding carboxylic acids is 2. The number of rotatable bonds is 8. The van der Waals surface area contributed by atoms with E-state index in [2.05, 4.69) is 0 Å². The van der Waals surface area contributed by atoms with Crippen molar-refractivity contribution in [2.24, 2.45) is 0 Å². The summed E-state index contributed by atoms with van der Waals surface area (Å²) in [4.78, 5) is 44.6. The number of carbonyl (C=O) groups is 3. The Balaban J connectivity index is 1.66. The summed E-state index contributed by atoms with van der Waals surface area (Å²) >= 11 is 12.5. The molecular formula is C31H33Cl2N5O6S. The first-order valence-corrected chi connectivity index (χ1v) is 16.5. The van der Waals surface area contributed by atoms with Crippen molar-refractivity contribution in [1.29, 1.82) is 0 Å². The third-order valence-corrected chi connectivity index (χ3v) is 10.7. The highest BCUT2D eigenvalue weighted by Gasteiger charge is 2.55. The predicted molar refractivity (Wildman–Crippen MR) is 170 cm³/mol. The molecule has 3 atom stereocenters. The lowest BCUT2D eigenvalue weighted by Gasteiger charge is -2.55. The van der Waals surface area contributed by atoms with Crippen molar-refractivity contribution in [2.45, 2.75) is 56.0 Å².